The molecule has 0 radical (unpaired) electrons. The number of fused-ring (bicyclic) bond motifs is 3. The van der Waals surface area contributed by atoms with Crippen molar-refractivity contribution in [3.8, 4) is 34.1 Å². The van der Waals surface area contributed by atoms with Crippen LogP contribution in [0.5, 0.6) is 5.75 Å². The van der Waals surface area contributed by atoms with E-state index in [-0.39, 0.29) is 26.8 Å². The average Bonchev–Trinajstić information content (AvgIpc) is 3.83. The van der Waals surface area contributed by atoms with Gasteiger partial charge in [-0.2, -0.15) is 0 Å². The number of aromatic hydroxyl groups is 1. The Labute approximate surface area is 290 Å². The molecule has 0 aliphatic carbocycles. The Bertz CT molecular complexity index is 2550. The molecular weight excluding hydrogens is 776 g/mol. The van der Waals surface area contributed by atoms with Crippen LogP contribution in [0.15, 0.2) is 150 Å². The quantitative estimate of drug-likeness (QED) is 0.148. The van der Waals surface area contributed by atoms with E-state index < -0.39 is 6.98 Å². The molecule has 5 aromatic carbocycles. The van der Waals surface area contributed by atoms with E-state index in [9.17, 15) is 5.11 Å². The molecule has 9 aromatic rings. The first kappa shape index (κ1) is 29.7. The number of phenolic OH excluding ortho intramolecular Hbond substituents is 1. The number of hydrogen-bond donors (Lipinski definition) is 1. The van der Waals surface area contributed by atoms with Gasteiger partial charge in [-0.3, -0.25) is 0 Å². The third kappa shape index (κ3) is 4.93. The summed E-state index contributed by atoms with van der Waals surface area (Å²) >= 11 is 0. The van der Waals surface area contributed by atoms with Crippen molar-refractivity contribution >= 4 is 45.5 Å². The number of benzene rings is 5. The van der Waals surface area contributed by atoms with Gasteiger partial charge in [0.15, 0.2) is 0 Å². The Hall–Kier alpha value is -5.72. The van der Waals surface area contributed by atoms with Gasteiger partial charge in [0.2, 0.25) is 12.2 Å². The standard InChI is InChI=1S/C39H25BN5O2.Pt/c46-37-21-10-9-20-35(37)43-26-45(34-19-8-7-18-33(34)43)40(28-15-5-2-6-16-28)44-25-30(31-17-11-12-22-41-31)29-23-38-32(24-36(29)44)42-39(47-38)27-13-3-1-4-14-27;/h1-24,46H;/q-1;+2. The largest absolute Gasteiger partial charge is 2.00 e. The van der Waals surface area contributed by atoms with Crippen LogP contribution in [0.4, 0.5) is 0 Å². The molecule has 0 amide bonds. The van der Waals surface area contributed by atoms with Crippen LogP contribution >= 0.6 is 0 Å². The van der Waals surface area contributed by atoms with Gasteiger partial charge in [-0.1, -0.05) is 127 Å². The molecule has 4 aromatic heterocycles. The summed E-state index contributed by atoms with van der Waals surface area (Å²) in [6, 6.07) is 45.7. The summed E-state index contributed by atoms with van der Waals surface area (Å²) in [6.45, 7) is -0.411. The summed E-state index contributed by atoms with van der Waals surface area (Å²) < 4.78 is 12.5. The topological polar surface area (TPSA) is 72.9 Å². The van der Waals surface area contributed by atoms with E-state index in [1.54, 1.807) is 12.3 Å². The van der Waals surface area contributed by atoms with Gasteiger partial charge >= 0.3 is 28.0 Å². The van der Waals surface area contributed by atoms with E-state index >= 15 is 0 Å². The maximum absolute atomic E-state index is 10.9. The predicted octanol–water partition coefficient (Wildman–Crippen LogP) is 6.84. The molecule has 48 heavy (non-hydrogen) atoms. The van der Waals surface area contributed by atoms with Crippen LogP contribution in [-0.2, 0) is 21.1 Å². The zero-order valence-corrected chi connectivity index (χ0v) is 27.6. The van der Waals surface area contributed by atoms with Gasteiger partial charge in [-0.15, -0.1) is 10.9 Å². The molecule has 0 fully saturated rings. The molecule has 0 aliphatic rings. The molecule has 4 heterocycles. The van der Waals surface area contributed by atoms with Crippen LogP contribution in [0.1, 0.15) is 0 Å². The molecule has 9 heteroatoms. The van der Waals surface area contributed by atoms with E-state index in [4.69, 9.17) is 14.4 Å². The number of imidazole rings is 1. The maximum Gasteiger partial charge on any atom is 2.00 e. The number of nitrogens with zero attached hydrogens (tertiary/aromatic N) is 5. The fourth-order valence-electron chi connectivity index (χ4n) is 6.34. The average molecular weight is 802 g/mol. The molecule has 0 saturated heterocycles. The van der Waals surface area contributed by atoms with Gasteiger partial charge in [0.05, 0.1) is 11.2 Å². The molecule has 0 saturated carbocycles. The van der Waals surface area contributed by atoms with Gasteiger partial charge in [0.25, 0.3) is 0 Å². The minimum atomic E-state index is -0.411. The molecule has 9 rings (SSSR count). The summed E-state index contributed by atoms with van der Waals surface area (Å²) in [4.78, 5) is 9.62. The third-order valence-electron chi connectivity index (χ3n) is 8.51. The fraction of sp³-hybridized carbons (Fsp3) is 0. The Balaban J connectivity index is 0.00000336. The first-order valence-corrected chi connectivity index (χ1v) is 15.4. The van der Waals surface area contributed by atoms with Crippen LogP contribution in [-0.4, -0.2) is 31.1 Å². The van der Waals surface area contributed by atoms with Crippen molar-refractivity contribution in [3.63, 3.8) is 0 Å². The van der Waals surface area contributed by atoms with Crippen molar-refractivity contribution in [1.29, 1.82) is 0 Å². The predicted molar refractivity (Wildman–Crippen MR) is 184 cm³/mol. The normalized spacial score (nSPS) is 11.2. The number of rotatable bonds is 6. The van der Waals surface area contributed by atoms with E-state index in [1.807, 2.05) is 114 Å². The molecule has 7 nitrogen and oxygen atoms in total. The van der Waals surface area contributed by atoms with E-state index in [2.05, 4.69) is 45.7 Å². The molecule has 230 valence electrons. The zero-order chi connectivity index (χ0) is 31.3. The van der Waals surface area contributed by atoms with Crippen molar-refractivity contribution < 1.29 is 35.1 Å². The van der Waals surface area contributed by atoms with E-state index in [0.29, 0.717) is 17.2 Å². The van der Waals surface area contributed by atoms with Crippen molar-refractivity contribution in [1.82, 2.24) is 19.0 Å². The van der Waals surface area contributed by atoms with Gasteiger partial charge < -0.3 is 28.0 Å². The minimum Gasteiger partial charge on any atom is -0.513 e. The Morgan fingerprint density at radius 2 is 1.48 bits per heavy atom. The maximum atomic E-state index is 10.9. The van der Waals surface area contributed by atoms with Crippen molar-refractivity contribution in [3.05, 3.63) is 158 Å². The minimum absolute atomic E-state index is 0. The second-order valence-electron chi connectivity index (χ2n) is 11.4. The van der Waals surface area contributed by atoms with E-state index in [1.165, 1.54) is 0 Å². The SMILES string of the molecule is Oc1ccccc1-n1[c-][n+](B(c2ccccc2)n2[c-]c(-c3ccccn3)c3cc4oc(-c5ccccc5)nc4cc32)c2ccccc21.[Pt+2]. The first-order valence-electron chi connectivity index (χ1n) is 15.4. The third-order valence-corrected chi connectivity index (χ3v) is 8.51. The number of para-hydroxylation sites is 4. The molecular formula is C39H25BN5O2Pt+. The van der Waals surface area contributed by atoms with Gasteiger partial charge in [-0.05, 0) is 35.4 Å². The Morgan fingerprint density at radius 3 is 2.27 bits per heavy atom. The molecule has 0 unspecified atom stereocenters. The monoisotopic (exact) mass is 801 g/mol. The van der Waals surface area contributed by atoms with Crippen molar-refractivity contribution in [2.45, 2.75) is 0 Å². The fourth-order valence-corrected chi connectivity index (χ4v) is 6.34. The number of hydrogen-bond acceptors (Lipinski definition) is 4. The zero-order valence-electron chi connectivity index (χ0n) is 25.3. The Morgan fingerprint density at radius 1 is 0.750 bits per heavy atom. The summed E-state index contributed by atoms with van der Waals surface area (Å²) in [5.74, 6) is 0.738. The Kier molecular flexibility index (Phi) is 7.50. The van der Waals surface area contributed by atoms with Crippen LogP contribution in [0.25, 0.3) is 61.4 Å². The van der Waals surface area contributed by atoms with Crippen LogP contribution in [0, 0.1) is 12.5 Å². The van der Waals surface area contributed by atoms with Crippen LogP contribution < -0.4 is 9.94 Å². The van der Waals surface area contributed by atoms with Crippen molar-refractivity contribution in [2.24, 2.45) is 0 Å². The molecule has 0 atom stereocenters. The van der Waals surface area contributed by atoms with Crippen molar-refractivity contribution in [2.75, 3.05) is 0 Å². The second-order valence-corrected chi connectivity index (χ2v) is 11.4. The van der Waals surface area contributed by atoms with Gasteiger partial charge in [-0.25, -0.2) is 4.98 Å². The van der Waals surface area contributed by atoms with Gasteiger partial charge in [0.1, 0.15) is 16.8 Å². The summed E-state index contributed by atoms with van der Waals surface area (Å²) in [5, 5.41) is 11.8. The summed E-state index contributed by atoms with van der Waals surface area (Å²) in [6.07, 6.45) is 9.12. The number of aromatic nitrogens is 5. The molecule has 1 N–H and O–H groups in total. The smallest absolute Gasteiger partial charge is 0.513 e. The number of oxazole rings is 1. The second kappa shape index (κ2) is 12.1. The van der Waals surface area contributed by atoms with Crippen LogP contribution in [0.2, 0.25) is 0 Å². The molecule has 0 spiro atoms. The molecule has 0 bridgehead atoms. The summed E-state index contributed by atoms with van der Waals surface area (Å²) in [5.41, 5.74) is 8.43. The first-order chi connectivity index (χ1) is 23.2. The number of phenols is 1. The molecule has 0 aliphatic heterocycles. The van der Waals surface area contributed by atoms with Crippen LogP contribution in [0.3, 0.4) is 0 Å². The van der Waals surface area contributed by atoms with Gasteiger partial charge in [0, 0.05) is 17.3 Å². The summed E-state index contributed by atoms with van der Waals surface area (Å²) in [7, 11) is 0. The number of pyridine rings is 1. The van der Waals surface area contributed by atoms with E-state index in [0.717, 1.165) is 49.7 Å².